The van der Waals surface area contributed by atoms with Crippen molar-refractivity contribution in [2.24, 2.45) is 0 Å². The van der Waals surface area contributed by atoms with Gasteiger partial charge in [-0.1, -0.05) is 60.4 Å². The van der Waals surface area contributed by atoms with Gasteiger partial charge < -0.3 is 15.2 Å². The van der Waals surface area contributed by atoms with Crippen molar-refractivity contribution in [3.05, 3.63) is 65.1 Å². The van der Waals surface area contributed by atoms with Crippen LogP contribution in [-0.4, -0.2) is 45.3 Å². The minimum absolute atomic E-state index is 0.185. The fraction of sp³-hybridized carbons (Fsp3) is 0.100. The normalized spacial score (nSPS) is 14.9. The number of carbonyl (C=O) groups is 3. The number of thioether (sulfide) groups is 1. The number of hydrogen-bond donors (Lipinski definition) is 2. The Morgan fingerprint density at radius 1 is 1.14 bits per heavy atom. The molecule has 7 nitrogen and oxygen atoms in total. The number of hydrogen-bond acceptors (Lipinski definition) is 6. The van der Waals surface area contributed by atoms with Crippen molar-refractivity contribution >= 4 is 57.8 Å². The van der Waals surface area contributed by atoms with Crippen molar-refractivity contribution in [3.63, 3.8) is 0 Å². The van der Waals surface area contributed by atoms with E-state index in [-0.39, 0.29) is 16.8 Å². The smallest absolute Gasteiger partial charge is 0.323 e. The summed E-state index contributed by atoms with van der Waals surface area (Å²) in [4.78, 5) is 36.7. The summed E-state index contributed by atoms with van der Waals surface area (Å²) in [7, 11) is 0. The molecule has 0 atom stereocenters. The Morgan fingerprint density at radius 2 is 1.83 bits per heavy atom. The first kappa shape index (κ1) is 20.6. The van der Waals surface area contributed by atoms with Gasteiger partial charge in [0.05, 0.1) is 4.91 Å². The first-order valence-corrected chi connectivity index (χ1v) is 9.70. The van der Waals surface area contributed by atoms with Crippen molar-refractivity contribution in [1.29, 1.82) is 0 Å². The van der Waals surface area contributed by atoms with Crippen LogP contribution in [0.1, 0.15) is 5.56 Å². The molecule has 0 bridgehead atoms. The third kappa shape index (κ3) is 5.43. The number of ether oxygens (including phenoxy) is 1. The quantitative estimate of drug-likeness (QED) is 0.517. The number of carbonyl (C=O) groups excluding carboxylic acids is 2. The summed E-state index contributed by atoms with van der Waals surface area (Å²) in [5.41, 5.74) is 1.24. The maximum absolute atomic E-state index is 12.4. The number of carboxylic acids is 1. The van der Waals surface area contributed by atoms with Gasteiger partial charge in [0.15, 0.2) is 6.61 Å². The molecule has 0 radical (unpaired) electrons. The summed E-state index contributed by atoms with van der Waals surface area (Å²) in [6.07, 6.45) is 1.57. The van der Waals surface area contributed by atoms with Crippen molar-refractivity contribution < 1.29 is 24.2 Å². The van der Waals surface area contributed by atoms with Gasteiger partial charge in [0.2, 0.25) is 0 Å². The lowest BCUT2D eigenvalue weighted by Crippen LogP contribution is -2.33. The molecule has 1 aliphatic rings. The van der Waals surface area contributed by atoms with Crippen molar-refractivity contribution in [2.75, 3.05) is 18.5 Å². The lowest BCUT2D eigenvalue weighted by molar-refractivity contribution is -0.140. The molecular weight excluding hydrogens is 412 g/mol. The van der Waals surface area contributed by atoms with Gasteiger partial charge in [0, 0.05) is 11.3 Å². The van der Waals surface area contributed by atoms with E-state index in [0.717, 1.165) is 16.7 Å². The van der Waals surface area contributed by atoms with E-state index in [2.05, 4.69) is 5.32 Å². The molecule has 0 aliphatic carbocycles. The van der Waals surface area contributed by atoms with Crippen LogP contribution >= 0.6 is 24.0 Å². The summed E-state index contributed by atoms with van der Waals surface area (Å²) in [6.45, 7) is -0.695. The zero-order valence-corrected chi connectivity index (χ0v) is 16.7. The Labute approximate surface area is 176 Å². The van der Waals surface area contributed by atoms with Crippen LogP contribution in [0.4, 0.5) is 5.69 Å². The maximum Gasteiger partial charge on any atom is 0.323 e. The van der Waals surface area contributed by atoms with Crippen molar-refractivity contribution in [1.82, 2.24) is 4.90 Å². The summed E-state index contributed by atoms with van der Waals surface area (Å²) < 4.78 is 5.80. The standard InChI is InChI=1S/C20H16N2O5S2/c23-17(21-14-7-2-1-3-8-14)12-27-15-9-5-4-6-13(15)10-16-19(26)22(11-18(24)25)20(28)29-16/h1-10H,11-12H2,(H,21,23)(H,24,25)/b16-10-. The van der Waals surface area contributed by atoms with Crippen LogP contribution in [0.25, 0.3) is 6.08 Å². The molecule has 1 heterocycles. The van der Waals surface area contributed by atoms with E-state index in [1.807, 2.05) is 18.2 Å². The summed E-state index contributed by atoms with van der Waals surface area (Å²) in [5, 5.41) is 11.6. The molecule has 0 saturated carbocycles. The molecular formula is C20H16N2O5S2. The van der Waals surface area contributed by atoms with Crippen molar-refractivity contribution in [3.8, 4) is 5.75 Å². The zero-order valence-electron chi connectivity index (χ0n) is 15.0. The molecule has 2 N–H and O–H groups in total. The van der Waals surface area contributed by atoms with Gasteiger partial charge in [0.25, 0.3) is 11.8 Å². The van der Waals surface area contributed by atoms with Crippen LogP contribution in [0.15, 0.2) is 59.5 Å². The van der Waals surface area contributed by atoms with E-state index in [1.165, 1.54) is 0 Å². The Morgan fingerprint density at radius 3 is 2.55 bits per heavy atom. The molecule has 2 aromatic rings. The molecule has 0 aromatic heterocycles. The number of aliphatic carboxylic acids is 1. The third-order valence-corrected chi connectivity index (χ3v) is 5.17. The molecule has 2 amide bonds. The van der Waals surface area contributed by atoms with Crippen LogP contribution in [0, 0.1) is 0 Å². The fourth-order valence-electron chi connectivity index (χ4n) is 2.51. The van der Waals surface area contributed by atoms with Crippen LogP contribution in [0.2, 0.25) is 0 Å². The first-order valence-electron chi connectivity index (χ1n) is 8.48. The first-order chi connectivity index (χ1) is 13.9. The van der Waals surface area contributed by atoms with Crippen LogP contribution < -0.4 is 10.1 Å². The SMILES string of the molecule is O=C(O)CN1C(=O)/C(=C/c2ccccc2OCC(=O)Nc2ccccc2)SC1=S. The van der Waals surface area contributed by atoms with E-state index in [1.54, 1.807) is 42.5 Å². The highest BCUT2D eigenvalue weighted by Gasteiger charge is 2.33. The van der Waals surface area contributed by atoms with E-state index in [4.69, 9.17) is 22.1 Å². The largest absolute Gasteiger partial charge is 0.483 e. The number of rotatable bonds is 7. The van der Waals surface area contributed by atoms with Gasteiger partial charge in [0.1, 0.15) is 16.6 Å². The molecule has 0 unspecified atom stereocenters. The van der Waals surface area contributed by atoms with E-state index in [9.17, 15) is 14.4 Å². The van der Waals surface area contributed by atoms with Gasteiger partial charge >= 0.3 is 5.97 Å². The molecule has 1 saturated heterocycles. The number of thiocarbonyl (C=S) groups is 1. The molecule has 1 aliphatic heterocycles. The molecule has 1 fully saturated rings. The van der Waals surface area contributed by atoms with Gasteiger partial charge in [-0.25, -0.2) is 0 Å². The Hall–Kier alpha value is -3.17. The van der Waals surface area contributed by atoms with Gasteiger partial charge in [-0.15, -0.1) is 0 Å². The molecule has 3 rings (SSSR count). The highest BCUT2D eigenvalue weighted by atomic mass is 32.2. The van der Waals surface area contributed by atoms with Crippen LogP contribution in [0.3, 0.4) is 0 Å². The fourth-order valence-corrected chi connectivity index (χ4v) is 3.75. The second-order valence-corrected chi connectivity index (χ2v) is 7.58. The number of benzene rings is 2. The van der Waals surface area contributed by atoms with E-state index >= 15 is 0 Å². The zero-order chi connectivity index (χ0) is 20.8. The van der Waals surface area contributed by atoms with Crippen LogP contribution in [0.5, 0.6) is 5.75 Å². The van der Waals surface area contributed by atoms with Gasteiger partial charge in [-0.05, 0) is 24.3 Å². The summed E-state index contributed by atoms with van der Waals surface area (Å²) >= 11 is 6.11. The maximum atomic E-state index is 12.4. The lowest BCUT2D eigenvalue weighted by atomic mass is 10.2. The molecule has 9 heteroatoms. The monoisotopic (exact) mass is 428 g/mol. The second-order valence-electron chi connectivity index (χ2n) is 5.90. The van der Waals surface area contributed by atoms with Crippen LogP contribution in [-0.2, 0) is 14.4 Å². The third-order valence-electron chi connectivity index (χ3n) is 3.79. The summed E-state index contributed by atoms with van der Waals surface area (Å²) in [6, 6.07) is 15.9. The highest BCUT2D eigenvalue weighted by Crippen LogP contribution is 2.34. The predicted octanol–water partition coefficient (Wildman–Crippen LogP) is 2.99. The minimum atomic E-state index is -1.14. The Kier molecular flexibility index (Phi) is 6.63. The number of anilines is 1. The molecule has 148 valence electrons. The Bertz CT molecular complexity index is 991. The second kappa shape index (κ2) is 9.35. The van der Waals surface area contributed by atoms with E-state index < -0.39 is 18.4 Å². The van der Waals surface area contributed by atoms with Gasteiger partial charge in [-0.2, -0.15) is 0 Å². The molecule has 2 aromatic carbocycles. The van der Waals surface area contributed by atoms with E-state index in [0.29, 0.717) is 21.9 Å². The average Bonchev–Trinajstić information content (AvgIpc) is 2.95. The molecule has 0 spiro atoms. The Balaban J connectivity index is 1.70. The predicted molar refractivity (Wildman–Crippen MR) is 115 cm³/mol. The minimum Gasteiger partial charge on any atom is -0.483 e. The summed E-state index contributed by atoms with van der Waals surface area (Å²) in [5.74, 6) is -1.52. The number of amides is 2. The number of carboxylic acid groups (broad SMARTS) is 1. The number of nitrogens with one attached hydrogen (secondary N) is 1. The topological polar surface area (TPSA) is 95.9 Å². The van der Waals surface area contributed by atoms with Crippen molar-refractivity contribution in [2.45, 2.75) is 0 Å². The highest BCUT2D eigenvalue weighted by molar-refractivity contribution is 8.26. The van der Waals surface area contributed by atoms with Gasteiger partial charge in [-0.3, -0.25) is 19.3 Å². The average molecular weight is 428 g/mol. The number of para-hydroxylation sites is 2. The lowest BCUT2D eigenvalue weighted by Gasteiger charge is -2.11. The number of nitrogens with zero attached hydrogens (tertiary/aromatic N) is 1. The molecule has 29 heavy (non-hydrogen) atoms.